The molecule has 1 aromatic heterocycles. The van der Waals surface area contributed by atoms with Gasteiger partial charge in [-0.05, 0) is 36.8 Å². The molecule has 27 heavy (non-hydrogen) atoms. The van der Waals surface area contributed by atoms with E-state index in [9.17, 15) is 4.79 Å². The number of benzene rings is 2. The first-order valence-electron chi connectivity index (χ1n) is 8.02. The second-order valence-corrected chi connectivity index (χ2v) is 7.13. The number of hydrogen-bond donors (Lipinski definition) is 0. The zero-order valence-electron chi connectivity index (χ0n) is 15.1. The number of methoxy groups -OCH3 is 2. The monoisotopic (exact) mass is 400 g/mol. The molecule has 2 aromatic carbocycles. The summed E-state index contributed by atoms with van der Waals surface area (Å²) in [5, 5.41) is 0.640. The number of thiazole rings is 1. The van der Waals surface area contributed by atoms with Crippen LogP contribution in [0.2, 0.25) is 5.02 Å². The number of amides is 1. The van der Waals surface area contributed by atoms with Gasteiger partial charge in [0, 0.05) is 16.7 Å². The lowest BCUT2D eigenvalue weighted by Gasteiger charge is -2.06. The van der Waals surface area contributed by atoms with Crippen LogP contribution in [0, 0.1) is 19.3 Å². The first kappa shape index (κ1) is 19.0. The molecule has 0 atom stereocenters. The molecule has 0 aliphatic heterocycles. The number of nitrogens with zero attached hydrogens (tertiary/aromatic N) is 2. The number of fused-ring (bicyclic) bond motifs is 1. The summed E-state index contributed by atoms with van der Waals surface area (Å²) in [6, 6.07) is 8.67. The smallest absolute Gasteiger partial charge is 0.279 e. The predicted molar refractivity (Wildman–Crippen MR) is 108 cm³/mol. The zero-order valence-corrected chi connectivity index (χ0v) is 16.6. The first-order chi connectivity index (χ1) is 13.0. The van der Waals surface area contributed by atoms with Gasteiger partial charge in [-0.15, -0.1) is 6.42 Å². The fraction of sp³-hybridized carbons (Fsp3) is 0.200. The molecule has 0 aliphatic carbocycles. The van der Waals surface area contributed by atoms with Crippen molar-refractivity contribution >= 4 is 39.1 Å². The second-order valence-electron chi connectivity index (χ2n) is 5.71. The third kappa shape index (κ3) is 3.70. The van der Waals surface area contributed by atoms with Crippen LogP contribution in [-0.2, 0) is 6.54 Å². The average molecular weight is 401 g/mol. The van der Waals surface area contributed by atoms with E-state index in [1.165, 1.54) is 25.6 Å². The molecular weight excluding hydrogens is 384 g/mol. The number of rotatable bonds is 4. The summed E-state index contributed by atoms with van der Waals surface area (Å²) in [7, 11) is 3.05. The molecule has 7 heteroatoms. The van der Waals surface area contributed by atoms with Crippen LogP contribution < -0.4 is 14.3 Å². The van der Waals surface area contributed by atoms with E-state index in [-0.39, 0.29) is 6.54 Å². The molecule has 0 bridgehead atoms. The number of carbonyl (C=O) groups is 1. The summed E-state index contributed by atoms with van der Waals surface area (Å²) in [5.41, 5.74) is 2.16. The van der Waals surface area contributed by atoms with Gasteiger partial charge in [0.25, 0.3) is 5.91 Å². The fourth-order valence-electron chi connectivity index (χ4n) is 2.72. The van der Waals surface area contributed by atoms with Crippen LogP contribution in [0.1, 0.15) is 15.9 Å². The molecule has 1 heterocycles. The first-order valence-corrected chi connectivity index (χ1v) is 9.22. The number of terminal acetylenes is 1. The Morgan fingerprint density at radius 3 is 2.52 bits per heavy atom. The van der Waals surface area contributed by atoms with Gasteiger partial charge in [0.15, 0.2) is 4.80 Å². The maximum atomic E-state index is 12.8. The van der Waals surface area contributed by atoms with Crippen LogP contribution in [-0.4, -0.2) is 24.7 Å². The quantitative estimate of drug-likeness (QED) is 0.620. The van der Waals surface area contributed by atoms with Crippen molar-refractivity contribution < 1.29 is 14.3 Å². The highest BCUT2D eigenvalue weighted by Gasteiger charge is 2.13. The summed E-state index contributed by atoms with van der Waals surface area (Å²) in [4.78, 5) is 17.6. The lowest BCUT2D eigenvalue weighted by molar-refractivity contribution is 0.0997. The molecule has 0 aliphatic rings. The minimum Gasteiger partial charge on any atom is -0.497 e. The van der Waals surface area contributed by atoms with Crippen molar-refractivity contribution in [2.45, 2.75) is 13.5 Å². The van der Waals surface area contributed by atoms with Crippen molar-refractivity contribution in [3.05, 3.63) is 51.3 Å². The van der Waals surface area contributed by atoms with Crippen LogP contribution in [0.4, 0.5) is 0 Å². The van der Waals surface area contributed by atoms with E-state index in [0.717, 1.165) is 15.8 Å². The molecule has 5 nitrogen and oxygen atoms in total. The second kappa shape index (κ2) is 7.87. The van der Waals surface area contributed by atoms with Crippen molar-refractivity contribution in [1.29, 1.82) is 0 Å². The molecule has 0 N–H and O–H groups in total. The van der Waals surface area contributed by atoms with E-state index in [1.54, 1.807) is 18.2 Å². The van der Waals surface area contributed by atoms with Gasteiger partial charge in [-0.1, -0.05) is 28.9 Å². The maximum absolute atomic E-state index is 12.8. The summed E-state index contributed by atoms with van der Waals surface area (Å²) < 4.78 is 13.2. The van der Waals surface area contributed by atoms with E-state index >= 15 is 0 Å². The Balaban J connectivity index is 2.19. The molecule has 0 fully saturated rings. The van der Waals surface area contributed by atoms with Gasteiger partial charge in [-0.2, -0.15) is 4.99 Å². The van der Waals surface area contributed by atoms with E-state index in [2.05, 4.69) is 10.9 Å². The van der Waals surface area contributed by atoms with Gasteiger partial charge in [0.05, 0.1) is 31.0 Å². The molecule has 0 radical (unpaired) electrons. The van der Waals surface area contributed by atoms with Crippen LogP contribution in [0.5, 0.6) is 11.5 Å². The number of aromatic nitrogens is 1. The highest BCUT2D eigenvalue weighted by atomic mass is 35.5. The summed E-state index contributed by atoms with van der Waals surface area (Å²) in [6.07, 6.45) is 5.53. The van der Waals surface area contributed by atoms with Crippen molar-refractivity contribution in [3.63, 3.8) is 0 Å². The third-order valence-electron chi connectivity index (χ3n) is 4.07. The molecule has 3 rings (SSSR count). The topological polar surface area (TPSA) is 52.8 Å². The van der Waals surface area contributed by atoms with Crippen molar-refractivity contribution in [2.24, 2.45) is 4.99 Å². The van der Waals surface area contributed by atoms with Gasteiger partial charge in [-0.25, -0.2) is 0 Å². The minimum atomic E-state index is -0.409. The Kier molecular flexibility index (Phi) is 5.54. The van der Waals surface area contributed by atoms with E-state index < -0.39 is 5.91 Å². The normalized spacial score (nSPS) is 11.4. The molecule has 0 spiro atoms. The van der Waals surface area contributed by atoms with Crippen molar-refractivity contribution in [2.75, 3.05) is 14.2 Å². The van der Waals surface area contributed by atoms with Gasteiger partial charge >= 0.3 is 0 Å². The molecule has 138 valence electrons. The van der Waals surface area contributed by atoms with Gasteiger partial charge in [0.1, 0.15) is 11.5 Å². The number of halogens is 1. The van der Waals surface area contributed by atoms with E-state index in [4.69, 9.17) is 27.5 Å². The van der Waals surface area contributed by atoms with Crippen molar-refractivity contribution in [3.8, 4) is 23.8 Å². The third-order valence-corrected chi connectivity index (χ3v) is 5.53. The lowest BCUT2D eigenvalue weighted by Crippen LogP contribution is -2.17. The van der Waals surface area contributed by atoms with Gasteiger partial charge in [-0.3, -0.25) is 4.79 Å². The number of aryl methyl sites for hydroxylation is 1. The van der Waals surface area contributed by atoms with Crippen LogP contribution in [0.3, 0.4) is 0 Å². The van der Waals surface area contributed by atoms with Crippen LogP contribution >= 0.6 is 22.9 Å². The summed E-state index contributed by atoms with van der Waals surface area (Å²) in [5.74, 6) is 3.24. The maximum Gasteiger partial charge on any atom is 0.279 e. The Morgan fingerprint density at radius 1 is 1.26 bits per heavy atom. The Bertz CT molecular complexity index is 1120. The lowest BCUT2D eigenvalue weighted by atomic mass is 10.2. The highest BCUT2D eigenvalue weighted by molar-refractivity contribution is 7.16. The largest absolute Gasteiger partial charge is 0.497 e. The average Bonchev–Trinajstić information content (AvgIpc) is 3.02. The van der Waals surface area contributed by atoms with Gasteiger partial charge in [0.2, 0.25) is 0 Å². The molecule has 0 unspecified atom stereocenters. The predicted octanol–water partition coefficient (Wildman–Crippen LogP) is 4.06. The standard InChI is InChI=1S/C20H17ClN2O3S/c1-5-8-23-18-12(2)16(21)6-7-17(18)27-20(23)22-19(24)13-9-14(25-3)11-15(10-13)26-4/h1,6-7,9-11H,8H2,2-4H3. The number of carbonyl (C=O) groups excluding carboxylic acids is 1. The number of hydrogen-bond acceptors (Lipinski definition) is 4. The Hall–Kier alpha value is -2.75. The Labute approximate surface area is 165 Å². The molecule has 0 saturated carbocycles. The number of ether oxygens (including phenoxy) is 2. The minimum absolute atomic E-state index is 0.286. The SMILES string of the molecule is C#CCn1c(=NC(=O)c2cc(OC)cc(OC)c2)sc2ccc(Cl)c(C)c21. The van der Waals surface area contributed by atoms with E-state index in [1.807, 2.05) is 23.6 Å². The Morgan fingerprint density at radius 2 is 1.93 bits per heavy atom. The van der Waals surface area contributed by atoms with Crippen molar-refractivity contribution in [1.82, 2.24) is 4.57 Å². The van der Waals surface area contributed by atoms with Crippen LogP contribution in [0.25, 0.3) is 10.2 Å². The molecule has 0 saturated heterocycles. The van der Waals surface area contributed by atoms with Gasteiger partial charge < -0.3 is 14.0 Å². The zero-order chi connectivity index (χ0) is 19.6. The highest BCUT2D eigenvalue weighted by Crippen LogP contribution is 2.27. The van der Waals surface area contributed by atoms with E-state index in [0.29, 0.717) is 26.9 Å². The summed E-state index contributed by atoms with van der Waals surface area (Å²) >= 11 is 7.64. The molecule has 3 aromatic rings. The van der Waals surface area contributed by atoms with Crippen LogP contribution in [0.15, 0.2) is 35.3 Å². The fourth-order valence-corrected chi connectivity index (χ4v) is 3.96. The molecular formula is C20H17ClN2O3S. The molecule has 1 amide bonds. The summed E-state index contributed by atoms with van der Waals surface area (Å²) in [6.45, 7) is 2.21.